The van der Waals surface area contributed by atoms with E-state index < -0.39 is 6.29 Å². The summed E-state index contributed by atoms with van der Waals surface area (Å²) in [5.74, 6) is 0.536. The van der Waals surface area contributed by atoms with Crippen molar-refractivity contribution < 1.29 is 28.8 Å². The third kappa shape index (κ3) is 6.92. The number of rotatable bonds is 14. The van der Waals surface area contributed by atoms with Crippen LogP contribution in [0.3, 0.4) is 0 Å². The standard InChI is InChI=1S/C26H33N3O6S/c1-2-34-26-19(7-10-32-12-13-33-11-9-30)20(18-8-14-36-17-18)15-23(35-26)25(31)27-16-24-28-21-5-3-4-6-22(21)29-24/h3-6,8,14-15,17,19-20,26,30H,2,7,9-13,16H2,1H3,(H,27,31)(H,28,29)/t19-,20+,26+/m0/s1. The summed E-state index contributed by atoms with van der Waals surface area (Å²) in [5.41, 5.74) is 2.90. The Bertz CT molecular complexity index is 1080. The van der Waals surface area contributed by atoms with Gasteiger partial charge in [0.1, 0.15) is 5.82 Å². The Labute approximate surface area is 214 Å². The Morgan fingerprint density at radius 2 is 2.03 bits per heavy atom. The lowest BCUT2D eigenvalue weighted by Crippen LogP contribution is -2.39. The molecule has 3 N–H and O–H groups in total. The monoisotopic (exact) mass is 515 g/mol. The van der Waals surface area contributed by atoms with Crippen molar-refractivity contribution in [2.24, 2.45) is 5.92 Å². The van der Waals surface area contributed by atoms with E-state index in [2.05, 4.69) is 26.7 Å². The van der Waals surface area contributed by atoms with E-state index in [-0.39, 0.29) is 36.7 Å². The van der Waals surface area contributed by atoms with Crippen molar-refractivity contribution >= 4 is 28.3 Å². The van der Waals surface area contributed by atoms with Gasteiger partial charge in [-0.2, -0.15) is 11.3 Å². The number of thiophene rings is 1. The number of carbonyl (C=O) groups excluding carboxylic acids is 1. The number of allylic oxidation sites excluding steroid dienone is 1. The number of fused-ring (bicyclic) bond motifs is 1. The number of hydrogen-bond donors (Lipinski definition) is 3. The van der Waals surface area contributed by atoms with Crippen molar-refractivity contribution in [2.75, 3.05) is 39.6 Å². The molecule has 0 radical (unpaired) electrons. The second-order valence-electron chi connectivity index (χ2n) is 8.34. The Hall–Kier alpha value is -2.76. The van der Waals surface area contributed by atoms with E-state index in [1.54, 1.807) is 11.3 Å². The maximum Gasteiger partial charge on any atom is 0.286 e. The van der Waals surface area contributed by atoms with Crippen LogP contribution in [0.4, 0.5) is 0 Å². The first-order chi connectivity index (χ1) is 17.7. The first-order valence-electron chi connectivity index (χ1n) is 12.2. The van der Waals surface area contributed by atoms with Gasteiger partial charge in [0.2, 0.25) is 6.29 Å². The van der Waals surface area contributed by atoms with E-state index >= 15 is 0 Å². The van der Waals surface area contributed by atoms with Gasteiger partial charge in [-0.15, -0.1) is 0 Å². The van der Waals surface area contributed by atoms with Crippen LogP contribution in [0, 0.1) is 5.92 Å². The second-order valence-corrected chi connectivity index (χ2v) is 9.12. The third-order valence-electron chi connectivity index (χ3n) is 5.93. The highest BCUT2D eigenvalue weighted by molar-refractivity contribution is 7.08. The number of imidazole rings is 1. The number of ether oxygens (including phenoxy) is 4. The van der Waals surface area contributed by atoms with Crippen molar-refractivity contribution in [3.63, 3.8) is 0 Å². The first-order valence-corrected chi connectivity index (χ1v) is 13.1. The molecule has 0 saturated heterocycles. The molecule has 1 amide bonds. The van der Waals surface area contributed by atoms with Crippen LogP contribution in [0.1, 0.15) is 30.7 Å². The number of H-pyrrole nitrogens is 1. The minimum Gasteiger partial charge on any atom is -0.459 e. The summed E-state index contributed by atoms with van der Waals surface area (Å²) in [6.45, 7) is 4.31. The maximum absolute atomic E-state index is 13.1. The van der Waals surface area contributed by atoms with Gasteiger partial charge in [0.25, 0.3) is 5.91 Å². The summed E-state index contributed by atoms with van der Waals surface area (Å²) in [5, 5.41) is 15.8. The first kappa shape index (κ1) is 26.3. The zero-order chi connectivity index (χ0) is 25.2. The highest BCUT2D eigenvalue weighted by atomic mass is 32.1. The van der Waals surface area contributed by atoms with Crippen molar-refractivity contribution in [1.82, 2.24) is 15.3 Å². The van der Waals surface area contributed by atoms with Crippen LogP contribution in [-0.4, -0.2) is 66.9 Å². The lowest BCUT2D eigenvalue weighted by molar-refractivity contribution is -0.168. The number of aliphatic hydroxyl groups is 1. The number of aromatic amines is 1. The minimum absolute atomic E-state index is 0.00170. The number of amides is 1. The van der Waals surface area contributed by atoms with Crippen LogP contribution >= 0.6 is 11.3 Å². The molecular formula is C26H33N3O6S. The van der Waals surface area contributed by atoms with Crippen LogP contribution < -0.4 is 5.32 Å². The SMILES string of the molecule is CCO[C@@H]1OC(C(=O)NCc2nc3ccccc3[nH]2)=C[C@H](c2ccsc2)[C@@H]1CCOCCOCCO. The average Bonchev–Trinajstić information content (AvgIpc) is 3.57. The van der Waals surface area contributed by atoms with Crippen molar-refractivity contribution in [1.29, 1.82) is 0 Å². The molecule has 0 unspecified atom stereocenters. The van der Waals surface area contributed by atoms with Crippen LogP contribution in [-0.2, 0) is 30.3 Å². The predicted octanol–water partition coefficient (Wildman–Crippen LogP) is 3.33. The van der Waals surface area contributed by atoms with Crippen LogP contribution in [0.25, 0.3) is 11.0 Å². The highest BCUT2D eigenvalue weighted by Crippen LogP contribution is 2.39. The number of carbonyl (C=O) groups is 1. The highest BCUT2D eigenvalue weighted by Gasteiger charge is 2.38. The molecule has 0 aliphatic carbocycles. The smallest absolute Gasteiger partial charge is 0.286 e. The van der Waals surface area contributed by atoms with Crippen LogP contribution in [0.2, 0.25) is 0 Å². The zero-order valence-electron chi connectivity index (χ0n) is 20.4. The van der Waals surface area contributed by atoms with Gasteiger partial charge in [-0.3, -0.25) is 4.79 Å². The Kier molecular flexibility index (Phi) is 9.88. The molecule has 4 rings (SSSR count). The number of nitrogens with one attached hydrogen (secondary N) is 2. The molecule has 1 aromatic carbocycles. The summed E-state index contributed by atoms with van der Waals surface area (Å²) in [6.07, 6.45) is 2.00. The van der Waals surface area contributed by atoms with E-state index in [1.807, 2.05) is 42.6 Å². The fourth-order valence-electron chi connectivity index (χ4n) is 4.23. The quantitative estimate of drug-likeness (QED) is 0.282. The number of aliphatic hydroxyl groups excluding tert-OH is 1. The van der Waals surface area contributed by atoms with Gasteiger partial charge >= 0.3 is 0 Å². The molecule has 36 heavy (non-hydrogen) atoms. The molecule has 3 heterocycles. The predicted molar refractivity (Wildman–Crippen MR) is 136 cm³/mol. The van der Waals surface area contributed by atoms with E-state index in [9.17, 15) is 4.79 Å². The van der Waals surface area contributed by atoms with Crippen LogP contribution in [0.15, 0.2) is 52.9 Å². The molecule has 0 fully saturated rings. The normalized spacial score (nSPS) is 19.7. The lowest BCUT2D eigenvalue weighted by atomic mass is 9.82. The van der Waals surface area contributed by atoms with Gasteiger partial charge in [0.15, 0.2) is 5.76 Å². The van der Waals surface area contributed by atoms with Crippen molar-refractivity contribution in [2.45, 2.75) is 32.1 Å². The topological polar surface area (TPSA) is 115 Å². The fourth-order valence-corrected chi connectivity index (χ4v) is 4.94. The number of nitrogens with zero attached hydrogens (tertiary/aromatic N) is 1. The Balaban J connectivity index is 1.42. The molecule has 0 bridgehead atoms. The molecule has 10 heteroatoms. The van der Waals surface area contributed by atoms with Crippen molar-refractivity contribution in [3.05, 3.63) is 64.3 Å². The number of hydrogen-bond acceptors (Lipinski definition) is 8. The van der Waals surface area contributed by atoms with Gasteiger partial charge in [-0.05, 0) is 53.9 Å². The molecule has 3 aromatic rings. The van der Waals surface area contributed by atoms with E-state index in [4.69, 9.17) is 24.1 Å². The Morgan fingerprint density at radius 1 is 1.19 bits per heavy atom. The molecule has 2 aromatic heterocycles. The largest absolute Gasteiger partial charge is 0.459 e. The molecule has 9 nitrogen and oxygen atoms in total. The minimum atomic E-state index is -0.578. The molecule has 1 aliphatic rings. The third-order valence-corrected chi connectivity index (χ3v) is 6.63. The molecule has 0 saturated carbocycles. The van der Waals surface area contributed by atoms with E-state index in [0.717, 1.165) is 16.6 Å². The van der Waals surface area contributed by atoms with Gasteiger partial charge in [0, 0.05) is 25.0 Å². The second kappa shape index (κ2) is 13.5. The maximum atomic E-state index is 13.1. The summed E-state index contributed by atoms with van der Waals surface area (Å²) in [4.78, 5) is 20.8. The van der Waals surface area contributed by atoms with Gasteiger partial charge in [-0.25, -0.2) is 4.98 Å². The fraction of sp³-hybridized carbons (Fsp3) is 0.462. The molecule has 3 atom stereocenters. The number of para-hydroxylation sites is 2. The summed E-state index contributed by atoms with van der Waals surface area (Å²) < 4.78 is 23.0. The molecule has 1 aliphatic heterocycles. The summed E-state index contributed by atoms with van der Waals surface area (Å²) in [7, 11) is 0. The number of benzene rings is 1. The van der Waals surface area contributed by atoms with Gasteiger partial charge < -0.3 is 34.4 Å². The zero-order valence-corrected chi connectivity index (χ0v) is 21.2. The lowest BCUT2D eigenvalue weighted by Gasteiger charge is -2.36. The van der Waals surface area contributed by atoms with Crippen molar-refractivity contribution in [3.8, 4) is 0 Å². The Morgan fingerprint density at radius 3 is 2.78 bits per heavy atom. The number of aromatic nitrogens is 2. The van der Waals surface area contributed by atoms with Gasteiger partial charge in [-0.1, -0.05) is 12.1 Å². The summed E-state index contributed by atoms with van der Waals surface area (Å²) in [6, 6.07) is 9.81. The van der Waals surface area contributed by atoms with E-state index in [0.29, 0.717) is 45.3 Å². The molecular weight excluding hydrogens is 482 g/mol. The summed E-state index contributed by atoms with van der Waals surface area (Å²) >= 11 is 1.62. The van der Waals surface area contributed by atoms with E-state index in [1.165, 1.54) is 0 Å². The molecule has 0 spiro atoms. The average molecular weight is 516 g/mol. The van der Waals surface area contributed by atoms with Crippen LogP contribution in [0.5, 0.6) is 0 Å². The van der Waals surface area contributed by atoms with Gasteiger partial charge in [0.05, 0.1) is 44.0 Å². The molecule has 194 valence electrons.